The number of hydrogen-bond donors (Lipinski definition) is 2. The zero-order chi connectivity index (χ0) is 15.6. The third-order valence-corrected chi connectivity index (χ3v) is 3.30. The van der Waals surface area contributed by atoms with Gasteiger partial charge in [0.1, 0.15) is 17.1 Å². The molecule has 0 aliphatic rings. The highest BCUT2D eigenvalue weighted by atomic mass is 35.5. The zero-order valence-electron chi connectivity index (χ0n) is 11.6. The molecule has 5 nitrogen and oxygen atoms in total. The van der Waals surface area contributed by atoms with Crippen LogP contribution in [0.15, 0.2) is 28.7 Å². The molecule has 0 atom stereocenters. The molecular formula is C15H14ClNO4. The molecule has 1 amide bonds. The van der Waals surface area contributed by atoms with Gasteiger partial charge in [-0.15, -0.1) is 0 Å². The molecule has 21 heavy (non-hydrogen) atoms. The first-order valence-corrected chi connectivity index (χ1v) is 6.63. The van der Waals surface area contributed by atoms with Gasteiger partial charge in [-0.2, -0.15) is 0 Å². The minimum absolute atomic E-state index is 0.0904. The van der Waals surface area contributed by atoms with E-state index in [2.05, 4.69) is 5.32 Å². The van der Waals surface area contributed by atoms with Crippen LogP contribution < -0.4 is 5.32 Å². The Morgan fingerprint density at radius 1 is 1.24 bits per heavy atom. The Kier molecular flexibility index (Phi) is 4.33. The molecule has 1 heterocycles. The number of aromatic carboxylic acids is 1. The number of furan rings is 1. The molecule has 2 rings (SSSR count). The molecule has 2 aromatic rings. The van der Waals surface area contributed by atoms with Gasteiger partial charge in [-0.05, 0) is 37.6 Å². The maximum atomic E-state index is 12.0. The van der Waals surface area contributed by atoms with Crippen LogP contribution >= 0.6 is 11.6 Å². The average molecular weight is 308 g/mol. The number of carboxylic acids is 1. The SMILES string of the molecule is Cc1ccc(C(=O)NCc2cc(C(=O)O)c(C)o2)c(Cl)c1. The number of halogens is 1. The van der Waals surface area contributed by atoms with Crippen LogP contribution in [0.3, 0.4) is 0 Å². The third kappa shape index (κ3) is 3.44. The summed E-state index contributed by atoms with van der Waals surface area (Å²) >= 11 is 6.02. The van der Waals surface area contributed by atoms with E-state index in [1.165, 1.54) is 6.07 Å². The predicted molar refractivity (Wildman–Crippen MR) is 77.8 cm³/mol. The number of hydrogen-bond acceptors (Lipinski definition) is 3. The van der Waals surface area contributed by atoms with Gasteiger partial charge in [-0.25, -0.2) is 4.79 Å². The number of rotatable bonds is 4. The van der Waals surface area contributed by atoms with Crippen LogP contribution in [0.25, 0.3) is 0 Å². The third-order valence-electron chi connectivity index (χ3n) is 2.99. The molecule has 110 valence electrons. The van der Waals surface area contributed by atoms with Crippen molar-refractivity contribution < 1.29 is 19.1 Å². The van der Waals surface area contributed by atoms with Crippen LogP contribution in [0, 0.1) is 13.8 Å². The van der Waals surface area contributed by atoms with E-state index in [1.807, 2.05) is 6.92 Å². The molecule has 2 N–H and O–H groups in total. The van der Waals surface area contributed by atoms with Gasteiger partial charge < -0.3 is 14.8 Å². The summed E-state index contributed by atoms with van der Waals surface area (Å²) < 4.78 is 5.28. The molecule has 0 radical (unpaired) electrons. The largest absolute Gasteiger partial charge is 0.478 e. The van der Waals surface area contributed by atoms with Crippen molar-refractivity contribution in [3.8, 4) is 0 Å². The maximum Gasteiger partial charge on any atom is 0.339 e. The summed E-state index contributed by atoms with van der Waals surface area (Å²) in [6, 6.07) is 6.54. The summed E-state index contributed by atoms with van der Waals surface area (Å²) in [5, 5.41) is 11.9. The topological polar surface area (TPSA) is 79.5 Å². The number of carbonyl (C=O) groups is 2. The van der Waals surface area contributed by atoms with Crippen LogP contribution in [-0.2, 0) is 6.54 Å². The fraction of sp³-hybridized carbons (Fsp3) is 0.200. The molecule has 0 unspecified atom stereocenters. The monoisotopic (exact) mass is 307 g/mol. The molecule has 1 aromatic carbocycles. The standard InChI is InChI=1S/C15H14ClNO4/c1-8-3-4-11(13(16)5-8)14(18)17-7-10-6-12(15(19)20)9(2)21-10/h3-6H,7H2,1-2H3,(H,17,18)(H,19,20). The molecule has 0 aliphatic carbocycles. The van der Waals surface area contributed by atoms with E-state index in [0.29, 0.717) is 22.1 Å². The molecule has 0 fully saturated rings. The maximum absolute atomic E-state index is 12.0. The van der Waals surface area contributed by atoms with Gasteiger partial charge in [0.15, 0.2) is 0 Å². The Labute approximate surface area is 126 Å². The number of carbonyl (C=O) groups excluding carboxylic acids is 1. The number of amides is 1. The highest BCUT2D eigenvalue weighted by Gasteiger charge is 2.15. The summed E-state index contributed by atoms with van der Waals surface area (Å²) in [5.74, 6) is -0.720. The van der Waals surface area contributed by atoms with Crippen molar-refractivity contribution in [1.82, 2.24) is 5.32 Å². The average Bonchev–Trinajstić information content (AvgIpc) is 2.77. The normalized spacial score (nSPS) is 10.4. The Bertz CT molecular complexity index is 706. The zero-order valence-corrected chi connectivity index (χ0v) is 12.3. The molecule has 0 saturated heterocycles. The minimum Gasteiger partial charge on any atom is -0.478 e. The molecular weight excluding hydrogens is 294 g/mol. The van der Waals surface area contributed by atoms with Crippen molar-refractivity contribution in [2.24, 2.45) is 0 Å². The molecule has 0 aliphatic heterocycles. The second-order valence-corrected chi connectivity index (χ2v) is 5.06. The first-order valence-electron chi connectivity index (χ1n) is 6.25. The highest BCUT2D eigenvalue weighted by molar-refractivity contribution is 6.33. The Hall–Kier alpha value is -2.27. The van der Waals surface area contributed by atoms with Gasteiger partial charge in [0.25, 0.3) is 5.91 Å². The van der Waals surface area contributed by atoms with Crippen molar-refractivity contribution in [2.45, 2.75) is 20.4 Å². The van der Waals surface area contributed by atoms with Crippen LogP contribution in [0.5, 0.6) is 0 Å². The molecule has 0 spiro atoms. The van der Waals surface area contributed by atoms with E-state index in [1.54, 1.807) is 25.1 Å². The fourth-order valence-corrected chi connectivity index (χ4v) is 2.23. The lowest BCUT2D eigenvalue weighted by Gasteiger charge is -2.06. The number of nitrogens with one attached hydrogen (secondary N) is 1. The van der Waals surface area contributed by atoms with Crippen molar-refractivity contribution in [3.63, 3.8) is 0 Å². The second-order valence-electron chi connectivity index (χ2n) is 4.65. The summed E-state index contributed by atoms with van der Waals surface area (Å²) in [6.07, 6.45) is 0. The second kappa shape index (κ2) is 6.01. The van der Waals surface area contributed by atoms with Crippen molar-refractivity contribution >= 4 is 23.5 Å². The summed E-state index contributed by atoms with van der Waals surface area (Å²) in [6.45, 7) is 3.54. The van der Waals surface area contributed by atoms with E-state index < -0.39 is 5.97 Å². The van der Waals surface area contributed by atoms with Gasteiger partial charge in [-0.3, -0.25) is 4.79 Å². The van der Waals surface area contributed by atoms with Crippen molar-refractivity contribution in [1.29, 1.82) is 0 Å². The lowest BCUT2D eigenvalue weighted by atomic mass is 10.1. The molecule has 1 aromatic heterocycles. The highest BCUT2D eigenvalue weighted by Crippen LogP contribution is 2.18. The van der Waals surface area contributed by atoms with Gasteiger partial charge in [0.05, 0.1) is 17.1 Å². The smallest absolute Gasteiger partial charge is 0.339 e. The van der Waals surface area contributed by atoms with E-state index in [0.717, 1.165) is 5.56 Å². The molecule has 0 bridgehead atoms. The lowest BCUT2D eigenvalue weighted by Crippen LogP contribution is -2.22. The number of aryl methyl sites for hydroxylation is 2. The molecule has 6 heteroatoms. The van der Waals surface area contributed by atoms with Crippen molar-refractivity contribution in [3.05, 3.63) is 57.5 Å². The van der Waals surface area contributed by atoms with Crippen molar-refractivity contribution in [2.75, 3.05) is 0 Å². The van der Waals surface area contributed by atoms with Crippen LogP contribution in [-0.4, -0.2) is 17.0 Å². The number of carboxylic acid groups (broad SMARTS) is 1. The Morgan fingerprint density at radius 2 is 1.95 bits per heavy atom. The molecule has 0 saturated carbocycles. The van der Waals surface area contributed by atoms with Crippen LogP contribution in [0.2, 0.25) is 5.02 Å². The van der Waals surface area contributed by atoms with Gasteiger partial charge >= 0.3 is 5.97 Å². The fourth-order valence-electron chi connectivity index (χ4n) is 1.91. The summed E-state index contributed by atoms with van der Waals surface area (Å²) in [7, 11) is 0. The quantitative estimate of drug-likeness (QED) is 0.909. The van der Waals surface area contributed by atoms with E-state index in [-0.39, 0.29) is 18.0 Å². The van der Waals surface area contributed by atoms with Gasteiger partial charge in [0, 0.05) is 0 Å². The summed E-state index contributed by atoms with van der Waals surface area (Å²) in [4.78, 5) is 22.9. The first kappa shape index (κ1) is 15.1. The first-order chi connectivity index (χ1) is 9.88. The van der Waals surface area contributed by atoms with Gasteiger partial charge in [0.2, 0.25) is 0 Å². The minimum atomic E-state index is -1.06. The number of benzene rings is 1. The lowest BCUT2D eigenvalue weighted by molar-refractivity contribution is 0.0694. The predicted octanol–water partition coefficient (Wildman–Crippen LogP) is 3.18. The Balaban J connectivity index is 2.07. The van der Waals surface area contributed by atoms with E-state index in [9.17, 15) is 9.59 Å². The summed E-state index contributed by atoms with van der Waals surface area (Å²) in [5.41, 5.74) is 1.42. The van der Waals surface area contributed by atoms with Gasteiger partial charge in [-0.1, -0.05) is 17.7 Å². The van der Waals surface area contributed by atoms with E-state index in [4.69, 9.17) is 21.1 Å². The van der Waals surface area contributed by atoms with E-state index >= 15 is 0 Å². The van der Waals surface area contributed by atoms with Crippen LogP contribution in [0.1, 0.15) is 37.8 Å². The van der Waals surface area contributed by atoms with Crippen LogP contribution in [0.4, 0.5) is 0 Å². The Morgan fingerprint density at radius 3 is 2.52 bits per heavy atom.